The number of amides is 1. The van der Waals surface area contributed by atoms with Gasteiger partial charge in [0, 0.05) is 17.7 Å². The van der Waals surface area contributed by atoms with Gasteiger partial charge in [0.15, 0.2) is 0 Å². The zero-order valence-corrected chi connectivity index (χ0v) is 10.8. The molecule has 7 heteroatoms. The Morgan fingerprint density at radius 3 is 2.70 bits per heavy atom. The molecule has 104 valence electrons. The van der Waals surface area contributed by atoms with Crippen molar-refractivity contribution in [3.8, 4) is 11.4 Å². The summed E-state index contributed by atoms with van der Waals surface area (Å²) in [5, 5.41) is 25.7. The highest BCUT2D eigenvalue weighted by atomic mass is 16.3. The van der Waals surface area contributed by atoms with Crippen molar-refractivity contribution in [3.63, 3.8) is 0 Å². The number of H-pyrrole nitrogens is 1. The van der Waals surface area contributed by atoms with Gasteiger partial charge in [0.1, 0.15) is 0 Å². The van der Waals surface area contributed by atoms with E-state index in [0.717, 1.165) is 18.4 Å². The number of carbonyl (C=O) groups excluding carboxylic acids is 1. The summed E-state index contributed by atoms with van der Waals surface area (Å²) in [5.74, 6) is 0.791. The number of hydrogen-bond acceptors (Lipinski definition) is 5. The van der Waals surface area contributed by atoms with Gasteiger partial charge in [-0.3, -0.25) is 4.79 Å². The fraction of sp³-hybridized carbons (Fsp3) is 0.385. The fourth-order valence-corrected chi connectivity index (χ4v) is 2.26. The monoisotopic (exact) mass is 273 g/mol. The maximum absolute atomic E-state index is 11.9. The van der Waals surface area contributed by atoms with Crippen LogP contribution in [0.2, 0.25) is 0 Å². The fourth-order valence-electron chi connectivity index (χ4n) is 2.26. The Labute approximate surface area is 115 Å². The summed E-state index contributed by atoms with van der Waals surface area (Å²) in [6.45, 7) is 0.614. The molecule has 1 fully saturated rings. The van der Waals surface area contributed by atoms with Crippen LogP contribution in [0, 0.1) is 5.92 Å². The molecule has 1 aliphatic rings. The minimum atomic E-state index is -0.189. The van der Waals surface area contributed by atoms with E-state index in [1.165, 1.54) is 0 Å². The van der Waals surface area contributed by atoms with E-state index in [9.17, 15) is 9.90 Å². The van der Waals surface area contributed by atoms with Crippen molar-refractivity contribution in [1.29, 1.82) is 0 Å². The first-order chi connectivity index (χ1) is 9.72. The highest BCUT2D eigenvalue weighted by Crippen LogP contribution is 2.26. The molecule has 1 saturated carbocycles. The molecule has 2 aromatic rings. The quantitative estimate of drug-likeness (QED) is 0.746. The summed E-state index contributed by atoms with van der Waals surface area (Å²) in [6.07, 6.45) is 1.36. The molecule has 0 saturated heterocycles. The van der Waals surface area contributed by atoms with E-state index in [-0.39, 0.29) is 12.0 Å². The van der Waals surface area contributed by atoms with Gasteiger partial charge in [-0.15, -0.1) is 10.2 Å². The lowest BCUT2D eigenvalue weighted by molar-refractivity contribution is 0.0420. The summed E-state index contributed by atoms with van der Waals surface area (Å²) < 4.78 is 0. The molecular weight excluding hydrogens is 258 g/mol. The Bertz CT molecular complexity index is 575. The van der Waals surface area contributed by atoms with Crippen LogP contribution in [0.5, 0.6) is 0 Å². The van der Waals surface area contributed by atoms with Gasteiger partial charge in [-0.25, -0.2) is 0 Å². The second-order valence-electron chi connectivity index (χ2n) is 5.01. The molecular formula is C13H15N5O2. The van der Waals surface area contributed by atoms with Crippen LogP contribution in [-0.2, 0) is 0 Å². The minimum Gasteiger partial charge on any atom is -0.393 e. The van der Waals surface area contributed by atoms with Gasteiger partial charge in [-0.2, -0.15) is 5.21 Å². The van der Waals surface area contributed by atoms with Crippen LogP contribution >= 0.6 is 0 Å². The Balaban J connectivity index is 1.58. The van der Waals surface area contributed by atoms with Gasteiger partial charge in [0.2, 0.25) is 5.82 Å². The lowest BCUT2D eigenvalue weighted by Gasteiger charge is -2.31. The number of benzene rings is 1. The van der Waals surface area contributed by atoms with Crippen molar-refractivity contribution in [3.05, 3.63) is 29.8 Å². The second-order valence-corrected chi connectivity index (χ2v) is 5.01. The van der Waals surface area contributed by atoms with Crippen molar-refractivity contribution in [2.45, 2.75) is 18.9 Å². The van der Waals surface area contributed by atoms with Gasteiger partial charge >= 0.3 is 0 Å². The van der Waals surface area contributed by atoms with Gasteiger partial charge in [0.05, 0.1) is 6.10 Å². The second kappa shape index (κ2) is 5.38. The largest absolute Gasteiger partial charge is 0.393 e. The van der Waals surface area contributed by atoms with Crippen molar-refractivity contribution in [2.75, 3.05) is 6.54 Å². The number of aliphatic hydroxyl groups is 1. The van der Waals surface area contributed by atoms with Gasteiger partial charge in [-0.1, -0.05) is 12.1 Å². The molecule has 0 radical (unpaired) electrons. The van der Waals surface area contributed by atoms with Crippen molar-refractivity contribution < 1.29 is 9.90 Å². The SMILES string of the molecule is O=C(NCC1CC(O)C1)c1ccc(-c2nn[nH]n2)cc1. The zero-order chi connectivity index (χ0) is 13.9. The molecule has 1 heterocycles. The first kappa shape index (κ1) is 12.7. The average molecular weight is 273 g/mol. The van der Waals surface area contributed by atoms with Crippen LogP contribution in [0.25, 0.3) is 11.4 Å². The minimum absolute atomic E-state index is 0.106. The number of hydrogen-bond donors (Lipinski definition) is 3. The molecule has 1 aromatic heterocycles. The molecule has 3 rings (SSSR count). The van der Waals surface area contributed by atoms with Crippen LogP contribution in [-0.4, -0.2) is 44.3 Å². The number of nitrogens with one attached hydrogen (secondary N) is 2. The van der Waals surface area contributed by atoms with E-state index in [2.05, 4.69) is 25.9 Å². The summed E-state index contributed by atoms with van der Waals surface area (Å²) >= 11 is 0. The molecule has 0 atom stereocenters. The molecule has 1 amide bonds. The van der Waals surface area contributed by atoms with Crippen LogP contribution in [0.15, 0.2) is 24.3 Å². The molecule has 0 unspecified atom stereocenters. The molecule has 3 N–H and O–H groups in total. The third-order valence-electron chi connectivity index (χ3n) is 3.51. The molecule has 7 nitrogen and oxygen atoms in total. The lowest BCUT2D eigenvalue weighted by atomic mass is 9.82. The summed E-state index contributed by atoms with van der Waals surface area (Å²) in [5.41, 5.74) is 1.40. The normalized spacial score (nSPS) is 21.2. The number of tetrazole rings is 1. The molecule has 0 bridgehead atoms. The van der Waals surface area contributed by atoms with E-state index < -0.39 is 0 Å². The standard InChI is InChI=1S/C13H15N5O2/c19-11-5-8(6-11)7-14-13(20)10-3-1-9(2-4-10)12-15-17-18-16-12/h1-4,8,11,19H,5-7H2,(H,14,20)(H,15,16,17,18). The Hall–Kier alpha value is -2.28. The lowest BCUT2D eigenvalue weighted by Crippen LogP contribution is -2.38. The maximum Gasteiger partial charge on any atom is 0.251 e. The Morgan fingerprint density at radius 2 is 2.10 bits per heavy atom. The zero-order valence-electron chi connectivity index (χ0n) is 10.8. The van der Waals surface area contributed by atoms with Crippen LogP contribution in [0.1, 0.15) is 23.2 Å². The first-order valence-electron chi connectivity index (χ1n) is 6.52. The van der Waals surface area contributed by atoms with E-state index >= 15 is 0 Å². The summed E-state index contributed by atoms with van der Waals surface area (Å²) in [4.78, 5) is 11.9. The first-order valence-corrected chi connectivity index (χ1v) is 6.52. The number of carbonyl (C=O) groups is 1. The number of nitrogens with zero attached hydrogens (tertiary/aromatic N) is 3. The van der Waals surface area contributed by atoms with Crippen molar-refractivity contribution >= 4 is 5.91 Å². The highest BCUT2D eigenvalue weighted by molar-refractivity contribution is 5.94. The molecule has 0 spiro atoms. The Kier molecular flexibility index (Phi) is 3.42. The van der Waals surface area contributed by atoms with E-state index in [4.69, 9.17) is 0 Å². The summed E-state index contributed by atoms with van der Waals surface area (Å²) in [7, 11) is 0. The molecule has 1 aromatic carbocycles. The number of aromatic amines is 1. The molecule has 0 aliphatic heterocycles. The van der Waals surface area contributed by atoms with E-state index in [0.29, 0.717) is 23.9 Å². The predicted molar refractivity (Wildman–Crippen MR) is 70.7 cm³/mol. The third kappa shape index (κ3) is 2.67. The number of rotatable bonds is 4. The third-order valence-corrected chi connectivity index (χ3v) is 3.51. The van der Waals surface area contributed by atoms with Crippen molar-refractivity contribution in [2.24, 2.45) is 5.92 Å². The number of aliphatic hydroxyl groups excluding tert-OH is 1. The van der Waals surface area contributed by atoms with Crippen LogP contribution < -0.4 is 5.32 Å². The predicted octanol–water partition coefficient (Wildman–Crippen LogP) is 0.367. The smallest absolute Gasteiger partial charge is 0.251 e. The molecule has 1 aliphatic carbocycles. The van der Waals surface area contributed by atoms with Gasteiger partial charge in [0.25, 0.3) is 5.91 Å². The van der Waals surface area contributed by atoms with Gasteiger partial charge < -0.3 is 10.4 Å². The maximum atomic E-state index is 11.9. The Morgan fingerprint density at radius 1 is 1.35 bits per heavy atom. The highest BCUT2D eigenvalue weighted by Gasteiger charge is 2.27. The van der Waals surface area contributed by atoms with Crippen LogP contribution in [0.4, 0.5) is 0 Å². The van der Waals surface area contributed by atoms with Gasteiger partial charge in [-0.05, 0) is 36.1 Å². The molecule has 20 heavy (non-hydrogen) atoms. The average Bonchev–Trinajstić information content (AvgIpc) is 2.96. The van der Waals surface area contributed by atoms with E-state index in [1.807, 2.05) is 0 Å². The van der Waals surface area contributed by atoms with Crippen molar-refractivity contribution in [1.82, 2.24) is 25.9 Å². The van der Waals surface area contributed by atoms with E-state index in [1.54, 1.807) is 24.3 Å². The van der Waals surface area contributed by atoms with Crippen LogP contribution in [0.3, 0.4) is 0 Å². The topological polar surface area (TPSA) is 104 Å². The number of aromatic nitrogens is 4. The summed E-state index contributed by atoms with van der Waals surface area (Å²) in [6, 6.07) is 7.03.